The van der Waals surface area contributed by atoms with Gasteiger partial charge in [0.2, 0.25) is 0 Å². The summed E-state index contributed by atoms with van der Waals surface area (Å²) >= 11 is 0. The van der Waals surface area contributed by atoms with Gasteiger partial charge in [-0.2, -0.15) is 0 Å². The van der Waals surface area contributed by atoms with Crippen molar-refractivity contribution >= 4 is 0 Å². The van der Waals surface area contributed by atoms with Gasteiger partial charge in [-0.25, -0.2) is 5.48 Å². The molecule has 1 aromatic rings. The Hall–Kier alpha value is -1.07. The molecule has 11 heavy (non-hydrogen) atoms. The molecule has 1 rings (SSSR count). The first-order valence-corrected chi connectivity index (χ1v) is 3.15. The van der Waals surface area contributed by atoms with Crippen LogP contribution in [0.25, 0.3) is 0 Å². The summed E-state index contributed by atoms with van der Waals surface area (Å²) in [7, 11) is 1.49. The quantitative estimate of drug-likeness (QED) is 0.626. The molecule has 0 saturated carbocycles. The van der Waals surface area contributed by atoms with Crippen molar-refractivity contribution in [1.29, 1.82) is 0 Å². The third-order valence-corrected chi connectivity index (χ3v) is 1.39. The highest BCUT2D eigenvalue weighted by molar-refractivity contribution is 5.26. The number of nitrogens with one attached hydrogen (secondary N) is 1. The van der Waals surface area contributed by atoms with Gasteiger partial charge in [-0.05, 0) is 6.92 Å². The van der Waals surface area contributed by atoms with Crippen LogP contribution in [-0.4, -0.2) is 17.5 Å². The van der Waals surface area contributed by atoms with Gasteiger partial charge in [-0.3, -0.25) is 0 Å². The van der Waals surface area contributed by atoms with Crippen molar-refractivity contribution in [2.75, 3.05) is 7.11 Å². The fraction of sp³-hybridized carbons (Fsp3) is 0.500. The average molecular weight is 158 g/mol. The van der Waals surface area contributed by atoms with Crippen molar-refractivity contribution in [1.82, 2.24) is 10.6 Å². The maximum Gasteiger partial charge on any atom is 0.315 e. The largest absolute Gasteiger partial charge is 0.467 e. The van der Waals surface area contributed by atoms with Gasteiger partial charge in [-0.15, -0.1) is 0 Å². The van der Waals surface area contributed by atoms with Crippen LogP contribution in [0.1, 0.15) is 11.3 Å². The molecular formula is C6H10N2O3. The third-order valence-electron chi connectivity index (χ3n) is 1.39. The Balaban J connectivity index is 2.88. The van der Waals surface area contributed by atoms with Crippen LogP contribution in [0.15, 0.2) is 4.52 Å². The van der Waals surface area contributed by atoms with Crippen molar-refractivity contribution in [3.05, 3.63) is 11.3 Å². The monoisotopic (exact) mass is 158 g/mol. The SMILES string of the molecule is COc1onc(C)c1CNO. The molecule has 0 aliphatic heterocycles. The van der Waals surface area contributed by atoms with Gasteiger partial charge in [0.1, 0.15) is 0 Å². The summed E-state index contributed by atoms with van der Waals surface area (Å²) in [6, 6.07) is 0. The Morgan fingerprint density at radius 2 is 2.45 bits per heavy atom. The Kier molecular flexibility index (Phi) is 2.45. The topological polar surface area (TPSA) is 67.5 Å². The van der Waals surface area contributed by atoms with E-state index in [-0.39, 0.29) is 6.54 Å². The molecule has 0 unspecified atom stereocenters. The van der Waals surface area contributed by atoms with E-state index in [2.05, 4.69) is 5.16 Å². The summed E-state index contributed by atoms with van der Waals surface area (Å²) in [4.78, 5) is 0. The number of hydrogen-bond donors (Lipinski definition) is 2. The lowest BCUT2D eigenvalue weighted by molar-refractivity contribution is 0.158. The van der Waals surface area contributed by atoms with E-state index in [0.717, 1.165) is 5.56 Å². The van der Waals surface area contributed by atoms with E-state index in [9.17, 15) is 0 Å². The van der Waals surface area contributed by atoms with Crippen molar-refractivity contribution < 1.29 is 14.5 Å². The van der Waals surface area contributed by atoms with Crippen molar-refractivity contribution in [2.24, 2.45) is 0 Å². The van der Waals surface area contributed by atoms with Crippen molar-refractivity contribution in [3.8, 4) is 5.95 Å². The van der Waals surface area contributed by atoms with Gasteiger partial charge in [-0.1, -0.05) is 5.16 Å². The first kappa shape index (κ1) is 8.03. The zero-order valence-corrected chi connectivity index (χ0v) is 6.42. The Bertz CT molecular complexity index is 234. The molecule has 0 radical (unpaired) electrons. The molecule has 62 valence electrons. The minimum atomic E-state index is 0.276. The summed E-state index contributed by atoms with van der Waals surface area (Å²) in [5, 5.41) is 12.1. The van der Waals surface area contributed by atoms with E-state index >= 15 is 0 Å². The summed E-state index contributed by atoms with van der Waals surface area (Å²) in [6.07, 6.45) is 0. The van der Waals surface area contributed by atoms with Crippen LogP contribution in [0.3, 0.4) is 0 Å². The van der Waals surface area contributed by atoms with Crippen LogP contribution in [0.2, 0.25) is 0 Å². The first-order valence-electron chi connectivity index (χ1n) is 3.15. The number of rotatable bonds is 3. The number of aromatic nitrogens is 1. The maximum atomic E-state index is 8.41. The molecule has 0 saturated heterocycles. The van der Waals surface area contributed by atoms with Crippen LogP contribution in [-0.2, 0) is 6.54 Å². The third kappa shape index (κ3) is 1.50. The standard InChI is InChI=1S/C6H10N2O3/c1-4-5(3-7-9)6(10-2)11-8-4/h7,9H,3H2,1-2H3. The second-order valence-corrected chi connectivity index (χ2v) is 2.07. The van der Waals surface area contributed by atoms with Crippen LogP contribution in [0.4, 0.5) is 0 Å². The lowest BCUT2D eigenvalue weighted by Crippen LogP contribution is -2.07. The molecular weight excluding hydrogens is 148 g/mol. The van der Waals surface area contributed by atoms with Crippen molar-refractivity contribution in [2.45, 2.75) is 13.5 Å². The minimum absolute atomic E-state index is 0.276. The molecule has 0 aliphatic carbocycles. The summed E-state index contributed by atoms with van der Waals surface area (Å²) in [6.45, 7) is 2.05. The zero-order chi connectivity index (χ0) is 8.27. The molecule has 1 heterocycles. The smallest absolute Gasteiger partial charge is 0.315 e. The second-order valence-electron chi connectivity index (χ2n) is 2.07. The maximum absolute atomic E-state index is 8.41. The molecule has 2 N–H and O–H groups in total. The van der Waals surface area contributed by atoms with Gasteiger partial charge < -0.3 is 14.5 Å². The number of hydrogen-bond acceptors (Lipinski definition) is 5. The summed E-state index contributed by atoms with van der Waals surface area (Å²) in [5.41, 5.74) is 3.45. The fourth-order valence-corrected chi connectivity index (χ4v) is 0.807. The number of ether oxygens (including phenoxy) is 1. The Morgan fingerprint density at radius 1 is 1.73 bits per heavy atom. The van der Waals surface area contributed by atoms with Crippen LogP contribution in [0, 0.1) is 6.92 Å². The van der Waals surface area contributed by atoms with E-state index in [1.165, 1.54) is 7.11 Å². The lowest BCUT2D eigenvalue weighted by Gasteiger charge is -1.97. The van der Waals surface area contributed by atoms with Crippen molar-refractivity contribution in [3.63, 3.8) is 0 Å². The Morgan fingerprint density at radius 3 is 3.00 bits per heavy atom. The predicted octanol–water partition coefficient (Wildman–Crippen LogP) is 0.470. The van der Waals surface area contributed by atoms with Crippen LogP contribution in [0.5, 0.6) is 5.95 Å². The predicted molar refractivity (Wildman–Crippen MR) is 36.4 cm³/mol. The number of aryl methyl sites for hydroxylation is 1. The molecule has 5 heteroatoms. The molecule has 1 aromatic heterocycles. The minimum Gasteiger partial charge on any atom is -0.467 e. The summed E-state index contributed by atoms with van der Waals surface area (Å²) in [5.74, 6) is 0.337. The highest BCUT2D eigenvalue weighted by atomic mass is 16.6. The van der Waals surface area contributed by atoms with Crippen LogP contribution < -0.4 is 10.2 Å². The molecule has 0 fully saturated rings. The lowest BCUT2D eigenvalue weighted by atomic mass is 10.2. The molecule has 0 spiro atoms. The molecule has 0 aromatic carbocycles. The van der Waals surface area contributed by atoms with Crippen LogP contribution >= 0.6 is 0 Å². The molecule has 0 bridgehead atoms. The fourth-order valence-electron chi connectivity index (χ4n) is 0.807. The molecule has 5 nitrogen and oxygen atoms in total. The van der Waals surface area contributed by atoms with E-state index in [4.69, 9.17) is 14.5 Å². The number of methoxy groups -OCH3 is 1. The van der Waals surface area contributed by atoms with E-state index in [1.807, 2.05) is 5.48 Å². The second kappa shape index (κ2) is 3.36. The summed E-state index contributed by atoms with van der Waals surface area (Å²) < 4.78 is 9.61. The zero-order valence-electron chi connectivity index (χ0n) is 6.42. The molecule has 0 amide bonds. The van der Waals surface area contributed by atoms with E-state index in [1.54, 1.807) is 6.92 Å². The average Bonchev–Trinajstić information content (AvgIpc) is 2.34. The normalized spacial score (nSPS) is 10.1. The van der Waals surface area contributed by atoms with Gasteiger partial charge in [0.05, 0.1) is 24.9 Å². The van der Waals surface area contributed by atoms with Gasteiger partial charge in [0, 0.05) is 0 Å². The van der Waals surface area contributed by atoms with Gasteiger partial charge in [0.15, 0.2) is 0 Å². The number of nitrogens with zero attached hydrogens (tertiary/aromatic N) is 1. The molecule has 0 atom stereocenters. The van der Waals surface area contributed by atoms with Gasteiger partial charge in [0.25, 0.3) is 0 Å². The highest BCUT2D eigenvalue weighted by Gasteiger charge is 2.11. The molecule has 0 aliphatic rings. The number of hydroxylamine groups is 1. The van der Waals surface area contributed by atoms with Gasteiger partial charge >= 0.3 is 5.95 Å². The van der Waals surface area contributed by atoms with E-state index < -0.39 is 0 Å². The first-order chi connectivity index (χ1) is 5.29. The van der Waals surface area contributed by atoms with E-state index in [0.29, 0.717) is 11.6 Å². The highest BCUT2D eigenvalue weighted by Crippen LogP contribution is 2.20. The Labute approximate surface area is 63.9 Å².